The van der Waals surface area contributed by atoms with Crippen LogP contribution in [0.25, 0.3) is 11.0 Å². The zero-order valence-corrected chi connectivity index (χ0v) is 14.5. The van der Waals surface area contributed by atoms with E-state index >= 15 is 0 Å². The van der Waals surface area contributed by atoms with Crippen molar-refractivity contribution in [2.45, 2.75) is 6.92 Å². The van der Waals surface area contributed by atoms with Crippen LogP contribution in [0.15, 0.2) is 57.7 Å². The van der Waals surface area contributed by atoms with Gasteiger partial charge >= 0.3 is 5.63 Å². The van der Waals surface area contributed by atoms with E-state index in [0.29, 0.717) is 28.8 Å². The Hall–Kier alpha value is -3.08. The summed E-state index contributed by atoms with van der Waals surface area (Å²) >= 11 is 0. The van der Waals surface area contributed by atoms with Gasteiger partial charge in [0.15, 0.2) is 0 Å². The van der Waals surface area contributed by atoms with Crippen LogP contribution < -0.4 is 15.8 Å². The molecule has 0 bridgehead atoms. The molecule has 0 saturated carbocycles. The third kappa shape index (κ3) is 3.13. The lowest BCUT2D eigenvalue weighted by Crippen LogP contribution is -2.19. The summed E-state index contributed by atoms with van der Waals surface area (Å²) in [7, 11) is 3.83. The van der Waals surface area contributed by atoms with Gasteiger partial charge in [0.25, 0.3) is 0 Å². The largest absolute Gasteiger partial charge is 0.422 e. The maximum absolute atomic E-state index is 12.9. The maximum atomic E-state index is 12.9. The number of hydrogen-bond acceptors (Lipinski definition) is 5. The number of hydrogen-bond donors (Lipinski definition) is 1. The smallest absolute Gasteiger partial charge is 0.349 e. The molecule has 0 spiro atoms. The fraction of sp³-hybridized carbons (Fsp3) is 0.200. The van der Waals surface area contributed by atoms with Crippen molar-refractivity contribution < 1.29 is 9.21 Å². The number of carbonyl (C=O) groups is 1. The van der Waals surface area contributed by atoms with Crippen LogP contribution in [0.4, 0.5) is 11.4 Å². The Balaban J connectivity index is 2.26. The van der Waals surface area contributed by atoms with Gasteiger partial charge in [-0.1, -0.05) is 30.3 Å². The molecule has 1 N–H and O–H groups in total. The topological polar surface area (TPSA) is 62.6 Å². The van der Waals surface area contributed by atoms with Crippen LogP contribution in [0.5, 0.6) is 0 Å². The first-order chi connectivity index (χ1) is 12.0. The van der Waals surface area contributed by atoms with Gasteiger partial charge in [-0.05, 0) is 19.1 Å². The number of nitrogens with zero attached hydrogens (tertiary/aromatic N) is 1. The van der Waals surface area contributed by atoms with Gasteiger partial charge < -0.3 is 14.6 Å². The third-order valence-electron chi connectivity index (χ3n) is 4.02. The molecule has 0 unspecified atom stereocenters. The summed E-state index contributed by atoms with van der Waals surface area (Å²) < 4.78 is 5.47. The van der Waals surface area contributed by atoms with Crippen LogP contribution in [0.2, 0.25) is 0 Å². The van der Waals surface area contributed by atoms with E-state index in [0.717, 1.165) is 5.69 Å². The van der Waals surface area contributed by atoms with Crippen molar-refractivity contribution in [1.29, 1.82) is 0 Å². The molecule has 3 aromatic rings. The molecule has 0 aliphatic rings. The standard InChI is InChI=1S/C20H20N2O3/c1-4-21-18-15-11-10-14(22(2)3)12-16(15)25-20(24)17(18)19(23)13-8-6-5-7-9-13/h5-12,21H,4H2,1-3H3. The molecule has 128 valence electrons. The average Bonchev–Trinajstić information content (AvgIpc) is 2.61. The summed E-state index contributed by atoms with van der Waals surface area (Å²) in [4.78, 5) is 27.4. The molecular formula is C20H20N2O3. The van der Waals surface area contributed by atoms with Crippen LogP contribution in [-0.4, -0.2) is 26.4 Å². The minimum Gasteiger partial charge on any atom is -0.422 e. The molecule has 0 aliphatic carbocycles. The van der Waals surface area contributed by atoms with Crippen molar-refractivity contribution in [2.24, 2.45) is 0 Å². The van der Waals surface area contributed by atoms with Crippen molar-refractivity contribution in [3.63, 3.8) is 0 Å². The van der Waals surface area contributed by atoms with Crippen molar-refractivity contribution >= 4 is 28.1 Å². The maximum Gasteiger partial charge on any atom is 0.349 e. The second kappa shape index (κ2) is 6.81. The highest BCUT2D eigenvalue weighted by Gasteiger charge is 2.22. The number of nitrogens with one attached hydrogen (secondary N) is 1. The van der Waals surface area contributed by atoms with Gasteiger partial charge in [-0.3, -0.25) is 4.79 Å². The molecule has 3 rings (SSSR count). The van der Waals surface area contributed by atoms with Gasteiger partial charge in [-0.2, -0.15) is 0 Å². The molecule has 0 aliphatic heterocycles. The molecule has 25 heavy (non-hydrogen) atoms. The van der Waals surface area contributed by atoms with E-state index in [1.165, 1.54) is 0 Å². The Morgan fingerprint density at radius 1 is 1.12 bits per heavy atom. The number of fused-ring (bicyclic) bond motifs is 1. The van der Waals surface area contributed by atoms with Gasteiger partial charge in [0.2, 0.25) is 5.78 Å². The van der Waals surface area contributed by atoms with Gasteiger partial charge in [-0.15, -0.1) is 0 Å². The second-order valence-electron chi connectivity index (χ2n) is 5.94. The number of rotatable bonds is 5. The molecule has 0 saturated heterocycles. The summed E-state index contributed by atoms with van der Waals surface area (Å²) in [5.41, 5.74) is 1.76. The van der Waals surface area contributed by atoms with Gasteiger partial charge in [0.05, 0.1) is 5.69 Å². The lowest BCUT2D eigenvalue weighted by atomic mass is 10.0. The van der Waals surface area contributed by atoms with Crippen molar-refractivity contribution in [3.05, 3.63) is 70.1 Å². The van der Waals surface area contributed by atoms with Gasteiger partial charge in [-0.25, -0.2) is 4.79 Å². The summed E-state index contributed by atoms with van der Waals surface area (Å²) in [5, 5.41) is 3.88. The first-order valence-corrected chi connectivity index (χ1v) is 8.14. The summed E-state index contributed by atoms with van der Waals surface area (Å²) in [6.07, 6.45) is 0. The predicted octanol–water partition coefficient (Wildman–Crippen LogP) is 3.52. The molecule has 0 fully saturated rings. The van der Waals surface area contributed by atoms with E-state index < -0.39 is 5.63 Å². The Morgan fingerprint density at radius 3 is 2.48 bits per heavy atom. The predicted molar refractivity (Wildman–Crippen MR) is 101 cm³/mol. The van der Waals surface area contributed by atoms with Crippen molar-refractivity contribution in [3.8, 4) is 0 Å². The monoisotopic (exact) mass is 336 g/mol. The quantitative estimate of drug-likeness (QED) is 0.570. The highest BCUT2D eigenvalue weighted by molar-refractivity contribution is 6.15. The molecule has 5 heteroatoms. The minimum atomic E-state index is -0.631. The Kier molecular flexibility index (Phi) is 4.57. The molecule has 1 aromatic heterocycles. The van der Waals surface area contributed by atoms with E-state index in [9.17, 15) is 9.59 Å². The number of ketones is 1. The zero-order chi connectivity index (χ0) is 18.0. The van der Waals surface area contributed by atoms with Crippen LogP contribution >= 0.6 is 0 Å². The summed E-state index contributed by atoms with van der Waals surface area (Å²) in [6.45, 7) is 2.51. The fourth-order valence-corrected chi connectivity index (χ4v) is 2.77. The van der Waals surface area contributed by atoms with Gasteiger partial charge in [0, 0.05) is 43.3 Å². The molecule has 2 aromatic carbocycles. The molecular weight excluding hydrogens is 316 g/mol. The van der Waals surface area contributed by atoms with Crippen LogP contribution in [0.1, 0.15) is 22.8 Å². The highest BCUT2D eigenvalue weighted by atomic mass is 16.4. The van der Waals surface area contributed by atoms with E-state index in [4.69, 9.17) is 4.42 Å². The third-order valence-corrected chi connectivity index (χ3v) is 4.02. The number of anilines is 2. The molecule has 1 heterocycles. The average molecular weight is 336 g/mol. The Bertz CT molecular complexity index is 975. The number of benzene rings is 2. The van der Waals surface area contributed by atoms with E-state index in [2.05, 4.69) is 5.32 Å². The summed E-state index contributed by atoms with van der Waals surface area (Å²) in [5.74, 6) is -0.344. The molecule has 0 amide bonds. The molecule has 0 radical (unpaired) electrons. The second-order valence-corrected chi connectivity index (χ2v) is 5.94. The molecule has 5 nitrogen and oxygen atoms in total. The van der Waals surface area contributed by atoms with Crippen molar-refractivity contribution in [1.82, 2.24) is 0 Å². The minimum absolute atomic E-state index is 0.0400. The van der Waals surface area contributed by atoms with E-state index in [-0.39, 0.29) is 11.3 Å². The van der Waals surface area contributed by atoms with Crippen molar-refractivity contribution in [2.75, 3.05) is 30.9 Å². The SMILES string of the molecule is CCNc1c(C(=O)c2ccccc2)c(=O)oc2cc(N(C)C)ccc12. The van der Waals surface area contributed by atoms with E-state index in [1.54, 1.807) is 30.3 Å². The van der Waals surface area contributed by atoms with Crippen LogP contribution in [0, 0.1) is 0 Å². The summed E-state index contributed by atoms with van der Waals surface area (Å²) in [6, 6.07) is 14.3. The van der Waals surface area contributed by atoms with Crippen LogP contribution in [0.3, 0.4) is 0 Å². The first kappa shape index (κ1) is 16.8. The normalized spacial score (nSPS) is 10.7. The Labute approximate surface area is 145 Å². The van der Waals surface area contributed by atoms with Gasteiger partial charge in [0.1, 0.15) is 11.1 Å². The van der Waals surface area contributed by atoms with E-state index in [1.807, 2.05) is 44.1 Å². The Morgan fingerprint density at radius 2 is 1.84 bits per heavy atom. The zero-order valence-electron chi connectivity index (χ0n) is 14.5. The highest BCUT2D eigenvalue weighted by Crippen LogP contribution is 2.29. The lowest BCUT2D eigenvalue weighted by molar-refractivity contribution is 0.103. The fourth-order valence-electron chi connectivity index (χ4n) is 2.77. The molecule has 0 atom stereocenters. The lowest BCUT2D eigenvalue weighted by Gasteiger charge is -2.15. The van der Waals surface area contributed by atoms with Crippen LogP contribution in [-0.2, 0) is 0 Å². The number of carbonyl (C=O) groups excluding carboxylic acids is 1. The first-order valence-electron chi connectivity index (χ1n) is 8.14.